The molecule has 3 heteroatoms. The molecular weight excluding hydrogens is 154 g/mol. The van der Waals surface area contributed by atoms with Gasteiger partial charge in [0.1, 0.15) is 0 Å². The van der Waals surface area contributed by atoms with Crippen molar-refractivity contribution < 1.29 is 9.53 Å². The molecule has 1 N–H and O–H groups in total. The molecule has 12 heavy (non-hydrogen) atoms. The van der Waals surface area contributed by atoms with Crippen molar-refractivity contribution >= 4 is 5.91 Å². The molecular formula is C9H21NO2. The molecule has 0 aromatic heterocycles. The Morgan fingerprint density at radius 1 is 1.50 bits per heavy atom. The topological polar surface area (TPSA) is 38.3 Å². The van der Waals surface area contributed by atoms with Gasteiger partial charge in [-0.05, 0) is 13.3 Å². The summed E-state index contributed by atoms with van der Waals surface area (Å²) in [5.74, 6) is 0.0172. The summed E-state index contributed by atoms with van der Waals surface area (Å²) >= 11 is 0. The van der Waals surface area contributed by atoms with Crippen molar-refractivity contribution in [2.45, 2.75) is 40.2 Å². The third kappa shape index (κ3) is 12.1. The molecule has 0 aromatic rings. The molecule has 0 aliphatic carbocycles. The number of ether oxygens (including phenoxy) is 1. The summed E-state index contributed by atoms with van der Waals surface area (Å²) in [7, 11) is 1.65. The highest BCUT2D eigenvalue weighted by Crippen LogP contribution is 1.89. The normalized spacial score (nSPS) is 11.1. The van der Waals surface area contributed by atoms with Crippen LogP contribution in [0.15, 0.2) is 0 Å². The lowest BCUT2D eigenvalue weighted by Crippen LogP contribution is -2.31. The SMILES string of the molecule is CC.COCCC(C)NC(C)=O. The Hall–Kier alpha value is -0.570. The first-order chi connectivity index (χ1) is 5.66. The Morgan fingerprint density at radius 3 is 2.33 bits per heavy atom. The van der Waals surface area contributed by atoms with Gasteiger partial charge >= 0.3 is 0 Å². The molecule has 0 radical (unpaired) electrons. The lowest BCUT2D eigenvalue weighted by molar-refractivity contribution is -0.119. The zero-order chi connectivity index (χ0) is 9.98. The zero-order valence-electron chi connectivity index (χ0n) is 8.81. The van der Waals surface area contributed by atoms with E-state index in [0.717, 1.165) is 6.42 Å². The fraction of sp³-hybridized carbons (Fsp3) is 0.889. The van der Waals surface area contributed by atoms with Gasteiger partial charge in [-0.15, -0.1) is 0 Å². The minimum atomic E-state index is 0.0172. The van der Waals surface area contributed by atoms with Crippen LogP contribution in [0.3, 0.4) is 0 Å². The highest BCUT2D eigenvalue weighted by atomic mass is 16.5. The molecule has 1 amide bonds. The summed E-state index contributed by atoms with van der Waals surface area (Å²) in [5, 5.41) is 2.76. The monoisotopic (exact) mass is 175 g/mol. The van der Waals surface area contributed by atoms with Crippen LogP contribution in [-0.2, 0) is 9.53 Å². The summed E-state index contributed by atoms with van der Waals surface area (Å²) in [4.78, 5) is 10.5. The van der Waals surface area contributed by atoms with Crippen molar-refractivity contribution in [3.05, 3.63) is 0 Å². The number of hydrogen-bond acceptors (Lipinski definition) is 2. The highest BCUT2D eigenvalue weighted by molar-refractivity contribution is 5.73. The first-order valence-corrected chi connectivity index (χ1v) is 4.43. The molecule has 74 valence electrons. The minimum absolute atomic E-state index is 0.0172. The Bertz CT molecular complexity index is 105. The van der Waals surface area contributed by atoms with Gasteiger partial charge in [0.2, 0.25) is 5.91 Å². The maximum absolute atomic E-state index is 10.5. The van der Waals surface area contributed by atoms with Crippen molar-refractivity contribution in [3.63, 3.8) is 0 Å². The Balaban J connectivity index is 0. The first kappa shape index (κ1) is 14.0. The van der Waals surface area contributed by atoms with Crippen LogP contribution >= 0.6 is 0 Å². The van der Waals surface area contributed by atoms with Gasteiger partial charge in [-0.25, -0.2) is 0 Å². The summed E-state index contributed by atoms with van der Waals surface area (Å²) in [6.45, 7) is 8.17. The van der Waals surface area contributed by atoms with Crippen LogP contribution in [-0.4, -0.2) is 25.7 Å². The van der Waals surface area contributed by atoms with E-state index in [-0.39, 0.29) is 11.9 Å². The average molecular weight is 175 g/mol. The summed E-state index contributed by atoms with van der Waals surface area (Å²) < 4.78 is 4.84. The van der Waals surface area contributed by atoms with E-state index in [2.05, 4.69) is 5.32 Å². The fourth-order valence-corrected chi connectivity index (χ4v) is 0.714. The molecule has 3 nitrogen and oxygen atoms in total. The first-order valence-electron chi connectivity index (χ1n) is 4.43. The van der Waals surface area contributed by atoms with Gasteiger partial charge in [0, 0.05) is 26.7 Å². The fourth-order valence-electron chi connectivity index (χ4n) is 0.714. The van der Waals surface area contributed by atoms with E-state index < -0.39 is 0 Å². The molecule has 1 atom stereocenters. The Labute approximate surface area is 75.5 Å². The lowest BCUT2D eigenvalue weighted by Gasteiger charge is -2.10. The number of hydrogen-bond donors (Lipinski definition) is 1. The van der Waals surface area contributed by atoms with Crippen LogP contribution in [0.4, 0.5) is 0 Å². The van der Waals surface area contributed by atoms with Crippen molar-refractivity contribution in [3.8, 4) is 0 Å². The maximum Gasteiger partial charge on any atom is 0.217 e. The van der Waals surface area contributed by atoms with Crippen molar-refractivity contribution in [1.82, 2.24) is 5.32 Å². The quantitative estimate of drug-likeness (QED) is 0.704. The zero-order valence-corrected chi connectivity index (χ0v) is 8.81. The van der Waals surface area contributed by atoms with Crippen LogP contribution in [0.5, 0.6) is 0 Å². The molecule has 0 fully saturated rings. The molecule has 0 saturated carbocycles. The van der Waals surface area contributed by atoms with E-state index in [9.17, 15) is 4.79 Å². The summed E-state index contributed by atoms with van der Waals surface area (Å²) in [5.41, 5.74) is 0. The van der Waals surface area contributed by atoms with Gasteiger partial charge in [-0.3, -0.25) is 4.79 Å². The van der Waals surface area contributed by atoms with Crippen molar-refractivity contribution in [1.29, 1.82) is 0 Å². The molecule has 0 spiro atoms. The van der Waals surface area contributed by atoms with Gasteiger partial charge in [0.15, 0.2) is 0 Å². The van der Waals surface area contributed by atoms with E-state index in [1.165, 1.54) is 6.92 Å². The van der Waals surface area contributed by atoms with Gasteiger partial charge < -0.3 is 10.1 Å². The largest absolute Gasteiger partial charge is 0.385 e. The second-order valence-electron chi connectivity index (χ2n) is 2.38. The van der Waals surface area contributed by atoms with E-state index >= 15 is 0 Å². The molecule has 0 heterocycles. The van der Waals surface area contributed by atoms with Gasteiger partial charge in [-0.1, -0.05) is 13.8 Å². The molecule has 1 unspecified atom stereocenters. The standard InChI is InChI=1S/C7H15NO2.C2H6/c1-6(4-5-10-3)8-7(2)9;1-2/h6H,4-5H2,1-3H3,(H,8,9);1-2H3. The average Bonchev–Trinajstić information content (AvgIpc) is 2.03. The van der Waals surface area contributed by atoms with Crippen LogP contribution < -0.4 is 5.32 Å². The highest BCUT2D eigenvalue weighted by Gasteiger charge is 2.00. The van der Waals surface area contributed by atoms with Crippen LogP contribution in [0, 0.1) is 0 Å². The maximum atomic E-state index is 10.5. The van der Waals surface area contributed by atoms with Gasteiger partial charge in [0.05, 0.1) is 0 Å². The van der Waals surface area contributed by atoms with E-state index in [1.54, 1.807) is 7.11 Å². The third-order valence-corrected chi connectivity index (χ3v) is 1.20. The second kappa shape index (κ2) is 10.4. The Morgan fingerprint density at radius 2 is 2.00 bits per heavy atom. The van der Waals surface area contributed by atoms with Gasteiger partial charge in [0.25, 0.3) is 0 Å². The number of amides is 1. The molecule has 0 aliphatic rings. The van der Waals surface area contributed by atoms with Crippen molar-refractivity contribution in [2.75, 3.05) is 13.7 Å². The summed E-state index contributed by atoms with van der Waals surface area (Å²) in [6.07, 6.45) is 0.871. The number of carbonyl (C=O) groups is 1. The lowest BCUT2D eigenvalue weighted by atomic mass is 10.2. The van der Waals surface area contributed by atoms with Crippen LogP contribution in [0.1, 0.15) is 34.1 Å². The molecule has 0 saturated heterocycles. The summed E-state index contributed by atoms with van der Waals surface area (Å²) in [6, 6.07) is 0.220. The smallest absolute Gasteiger partial charge is 0.217 e. The number of nitrogens with one attached hydrogen (secondary N) is 1. The second-order valence-corrected chi connectivity index (χ2v) is 2.38. The van der Waals surface area contributed by atoms with E-state index in [1.807, 2.05) is 20.8 Å². The van der Waals surface area contributed by atoms with E-state index in [0.29, 0.717) is 6.61 Å². The predicted molar refractivity (Wildman–Crippen MR) is 51.1 cm³/mol. The third-order valence-electron chi connectivity index (χ3n) is 1.20. The molecule has 0 rings (SSSR count). The predicted octanol–water partition coefficient (Wildman–Crippen LogP) is 1.57. The van der Waals surface area contributed by atoms with Crippen LogP contribution in [0.25, 0.3) is 0 Å². The Kier molecular flexibility index (Phi) is 12.2. The minimum Gasteiger partial charge on any atom is -0.385 e. The van der Waals surface area contributed by atoms with Crippen LogP contribution in [0.2, 0.25) is 0 Å². The van der Waals surface area contributed by atoms with Crippen molar-refractivity contribution in [2.24, 2.45) is 0 Å². The molecule has 0 aliphatic heterocycles. The molecule has 0 bridgehead atoms. The van der Waals surface area contributed by atoms with Gasteiger partial charge in [-0.2, -0.15) is 0 Å². The van der Waals surface area contributed by atoms with E-state index in [4.69, 9.17) is 4.74 Å². The number of carbonyl (C=O) groups excluding carboxylic acids is 1. The number of rotatable bonds is 4. The number of methoxy groups -OCH3 is 1. The molecule has 0 aromatic carbocycles.